The van der Waals surface area contributed by atoms with Gasteiger partial charge in [0.25, 0.3) is 0 Å². The number of carbonyl (C=O) groups is 1. The van der Waals surface area contributed by atoms with Gasteiger partial charge in [-0.1, -0.05) is 12.1 Å². The van der Waals surface area contributed by atoms with Gasteiger partial charge in [-0.25, -0.2) is 0 Å². The van der Waals surface area contributed by atoms with Crippen molar-refractivity contribution in [2.75, 3.05) is 32.8 Å². The molecule has 1 unspecified atom stereocenters. The molecule has 116 valence electrons. The molecule has 5 nitrogen and oxygen atoms in total. The molecule has 1 amide bonds. The number of nitrogens with one attached hydrogen (secondary N) is 1. The third-order valence-corrected chi connectivity index (χ3v) is 3.88. The minimum absolute atomic E-state index is 0.0136. The predicted octanol–water partition coefficient (Wildman–Crippen LogP) is 0.783. The number of hydrogen-bond acceptors (Lipinski definition) is 4. The molecule has 0 spiro atoms. The van der Waals surface area contributed by atoms with Crippen LogP contribution >= 0.6 is 0 Å². The van der Waals surface area contributed by atoms with Crippen molar-refractivity contribution >= 4 is 5.91 Å². The van der Waals surface area contributed by atoms with Crippen LogP contribution in [0.4, 0.5) is 0 Å². The summed E-state index contributed by atoms with van der Waals surface area (Å²) in [6, 6.07) is 4.10. The first-order valence-corrected chi connectivity index (χ1v) is 7.34. The van der Waals surface area contributed by atoms with Crippen molar-refractivity contribution in [2.45, 2.75) is 26.9 Å². The van der Waals surface area contributed by atoms with E-state index in [1.54, 1.807) is 0 Å². The second-order valence-electron chi connectivity index (χ2n) is 5.70. The van der Waals surface area contributed by atoms with Crippen molar-refractivity contribution in [3.05, 3.63) is 28.8 Å². The van der Waals surface area contributed by atoms with Gasteiger partial charge in [-0.05, 0) is 37.5 Å². The highest BCUT2D eigenvalue weighted by atomic mass is 16.5. The van der Waals surface area contributed by atoms with Gasteiger partial charge in [0.2, 0.25) is 5.91 Å². The molecule has 1 fully saturated rings. The summed E-state index contributed by atoms with van der Waals surface area (Å²) in [6.45, 7) is 8.53. The molecule has 0 radical (unpaired) electrons. The van der Waals surface area contributed by atoms with Crippen LogP contribution in [-0.4, -0.2) is 54.8 Å². The maximum atomic E-state index is 11.3. The lowest BCUT2D eigenvalue weighted by atomic mass is 10.1. The predicted molar refractivity (Wildman–Crippen MR) is 81.6 cm³/mol. The Balaban J connectivity index is 1.88. The molecular weight excluding hydrogens is 268 g/mol. The number of hydrogen-bond donors (Lipinski definition) is 2. The van der Waals surface area contributed by atoms with Gasteiger partial charge in [0.15, 0.2) is 0 Å². The van der Waals surface area contributed by atoms with Crippen molar-refractivity contribution in [1.29, 1.82) is 0 Å². The summed E-state index contributed by atoms with van der Waals surface area (Å²) >= 11 is 0. The molecule has 1 heterocycles. The molecule has 21 heavy (non-hydrogen) atoms. The number of benzene rings is 1. The van der Waals surface area contributed by atoms with Crippen LogP contribution in [0.1, 0.15) is 16.7 Å². The SMILES string of the molecule is Cc1ccc(C)c(OCC(O)CN2CCNC(=O)C2)c1C. The maximum absolute atomic E-state index is 11.3. The summed E-state index contributed by atoms with van der Waals surface area (Å²) < 4.78 is 5.80. The van der Waals surface area contributed by atoms with E-state index in [9.17, 15) is 9.90 Å². The van der Waals surface area contributed by atoms with E-state index in [2.05, 4.69) is 11.4 Å². The van der Waals surface area contributed by atoms with Crippen LogP contribution in [0.3, 0.4) is 0 Å². The second kappa shape index (κ2) is 6.91. The fraction of sp³-hybridized carbons (Fsp3) is 0.562. The molecule has 5 heteroatoms. The van der Waals surface area contributed by atoms with E-state index in [0.717, 1.165) is 23.4 Å². The van der Waals surface area contributed by atoms with Crippen LogP contribution in [-0.2, 0) is 4.79 Å². The first-order valence-electron chi connectivity index (χ1n) is 7.34. The van der Waals surface area contributed by atoms with Crippen molar-refractivity contribution in [2.24, 2.45) is 0 Å². The molecule has 0 saturated carbocycles. The molecule has 1 aromatic carbocycles. The number of amides is 1. The number of nitrogens with zero attached hydrogens (tertiary/aromatic N) is 1. The summed E-state index contributed by atoms with van der Waals surface area (Å²) in [5.74, 6) is 0.866. The monoisotopic (exact) mass is 292 g/mol. The second-order valence-corrected chi connectivity index (χ2v) is 5.70. The van der Waals surface area contributed by atoms with Gasteiger partial charge in [0.05, 0.1) is 6.54 Å². The van der Waals surface area contributed by atoms with Gasteiger partial charge >= 0.3 is 0 Å². The largest absolute Gasteiger partial charge is 0.490 e. The zero-order chi connectivity index (χ0) is 15.4. The zero-order valence-corrected chi connectivity index (χ0v) is 13.0. The molecule has 0 bridgehead atoms. The fourth-order valence-electron chi connectivity index (χ4n) is 2.53. The molecule has 2 rings (SSSR count). The molecule has 1 aliphatic heterocycles. The average molecular weight is 292 g/mol. The highest BCUT2D eigenvalue weighted by Crippen LogP contribution is 2.25. The zero-order valence-electron chi connectivity index (χ0n) is 13.0. The summed E-state index contributed by atoms with van der Waals surface area (Å²) in [5, 5.41) is 12.9. The van der Waals surface area contributed by atoms with E-state index in [-0.39, 0.29) is 12.5 Å². The Morgan fingerprint density at radius 2 is 2.05 bits per heavy atom. The number of carbonyl (C=O) groups excluding carboxylic acids is 1. The Morgan fingerprint density at radius 3 is 2.76 bits per heavy atom. The van der Waals surface area contributed by atoms with Gasteiger partial charge in [-0.15, -0.1) is 0 Å². The lowest BCUT2D eigenvalue weighted by molar-refractivity contribution is -0.124. The van der Waals surface area contributed by atoms with Crippen LogP contribution in [0.2, 0.25) is 0 Å². The number of ether oxygens (including phenoxy) is 1. The molecule has 1 atom stereocenters. The number of rotatable bonds is 5. The lowest BCUT2D eigenvalue weighted by Crippen LogP contribution is -2.50. The highest BCUT2D eigenvalue weighted by molar-refractivity contribution is 5.78. The Bertz CT molecular complexity index is 516. The summed E-state index contributed by atoms with van der Waals surface area (Å²) in [6.07, 6.45) is -0.602. The molecule has 2 N–H and O–H groups in total. The van der Waals surface area contributed by atoms with E-state index in [1.807, 2.05) is 31.7 Å². The van der Waals surface area contributed by atoms with Gasteiger partial charge < -0.3 is 15.2 Å². The number of aryl methyl sites for hydroxylation is 2. The van der Waals surface area contributed by atoms with Crippen molar-refractivity contribution < 1.29 is 14.6 Å². The van der Waals surface area contributed by atoms with Crippen LogP contribution in [0, 0.1) is 20.8 Å². The van der Waals surface area contributed by atoms with E-state index < -0.39 is 6.10 Å². The van der Waals surface area contributed by atoms with Crippen LogP contribution in [0.25, 0.3) is 0 Å². The van der Waals surface area contributed by atoms with Crippen molar-refractivity contribution in [1.82, 2.24) is 10.2 Å². The molecule has 1 aromatic rings. The maximum Gasteiger partial charge on any atom is 0.234 e. The number of aliphatic hydroxyl groups excluding tert-OH is 1. The molecular formula is C16H24N2O3. The van der Waals surface area contributed by atoms with E-state index in [0.29, 0.717) is 19.6 Å². The Hall–Kier alpha value is -1.59. The normalized spacial score (nSPS) is 17.4. The third kappa shape index (κ3) is 4.19. The number of piperazine rings is 1. The van der Waals surface area contributed by atoms with Crippen molar-refractivity contribution in [3.8, 4) is 5.75 Å². The van der Waals surface area contributed by atoms with Crippen LogP contribution in [0.15, 0.2) is 12.1 Å². The Kier molecular flexibility index (Phi) is 5.20. The van der Waals surface area contributed by atoms with E-state index in [1.165, 1.54) is 5.56 Å². The smallest absolute Gasteiger partial charge is 0.234 e. The third-order valence-electron chi connectivity index (χ3n) is 3.88. The number of β-amino-alcohol motifs (C(OH)–C–C–N with tert-alkyl or cyclic N) is 1. The molecule has 0 aromatic heterocycles. The van der Waals surface area contributed by atoms with Gasteiger partial charge in [0, 0.05) is 19.6 Å². The molecule has 1 saturated heterocycles. The van der Waals surface area contributed by atoms with E-state index >= 15 is 0 Å². The lowest BCUT2D eigenvalue weighted by Gasteiger charge is -2.28. The first-order chi connectivity index (χ1) is 9.97. The summed E-state index contributed by atoms with van der Waals surface area (Å²) in [7, 11) is 0. The standard InChI is InChI=1S/C16H24N2O3/c1-11-4-5-12(2)16(13(11)3)21-10-14(19)8-18-7-6-17-15(20)9-18/h4-5,14,19H,6-10H2,1-3H3,(H,17,20). The summed E-state index contributed by atoms with van der Waals surface area (Å²) in [4.78, 5) is 13.2. The average Bonchev–Trinajstić information content (AvgIpc) is 2.43. The van der Waals surface area contributed by atoms with E-state index in [4.69, 9.17) is 4.74 Å². The Labute approximate surface area is 125 Å². The Morgan fingerprint density at radius 1 is 1.33 bits per heavy atom. The minimum Gasteiger partial charge on any atom is -0.490 e. The van der Waals surface area contributed by atoms with Crippen LogP contribution < -0.4 is 10.1 Å². The van der Waals surface area contributed by atoms with Crippen LogP contribution in [0.5, 0.6) is 5.75 Å². The summed E-state index contributed by atoms with van der Waals surface area (Å²) in [5.41, 5.74) is 3.36. The molecule has 1 aliphatic rings. The minimum atomic E-state index is -0.602. The highest BCUT2D eigenvalue weighted by Gasteiger charge is 2.19. The first kappa shape index (κ1) is 15.8. The topological polar surface area (TPSA) is 61.8 Å². The van der Waals surface area contributed by atoms with Gasteiger partial charge in [0.1, 0.15) is 18.5 Å². The fourth-order valence-corrected chi connectivity index (χ4v) is 2.53. The quantitative estimate of drug-likeness (QED) is 0.842. The van der Waals surface area contributed by atoms with Gasteiger partial charge in [-0.2, -0.15) is 0 Å². The van der Waals surface area contributed by atoms with Gasteiger partial charge in [-0.3, -0.25) is 9.69 Å². The molecule has 0 aliphatic carbocycles. The number of aliphatic hydroxyl groups is 1. The van der Waals surface area contributed by atoms with Crippen molar-refractivity contribution in [3.63, 3.8) is 0 Å².